The highest BCUT2D eigenvalue weighted by Crippen LogP contribution is 2.28. The van der Waals surface area contributed by atoms with Crippen molar-refractivity contribution in [2.45, 2.75) is 6.54 Å². The summed E-state index contributed by atoms with van der Waals surface area (Å²) in [5.41, 5.74) is 7.40. The molecule has 0 atom stereocenters. The van der Waals surface area contributed by atoms with Gasteiger partial charge >= 0.3 is 0 Å². The van der Waals surface area contributed by atoms with E-state index in [9.17, 15) is 4.79 Å². The van der Waals surface area contributed by atoms with Crippen molar-refractivity contribution in [2.75, 3.05) is 30.4 Å². The largest absolute Gasteiger partial charge is 0.475 e. The highest BCUT2D eigenvalue weighted by molar-refractivity contribution is 6.11. The molecule has 0 aromatic carbocycles. The van der Waals surface area contributed by atoms with Crippen molar-refractivity contribution in [3.05, 3.63) is 36.4 Å². The molecule has 1 amide bonds. The lowest BCUT2D eigenvalue weighted by molar-refractivity contribution is 0.0990. The lowest BCUT2D eigenvalue weighted by Gasteiger charge is -2.20. The minimum atomic E-state index is -0.318. The fourth-order valence-corrected chi connectivity index (χ4v) is 2.91. The van der Waals surface area contributed by atoms with E-state index in [4.69, 9.17) is 15.6 Å². The Morgan fingerprint density at radius 2 is 2.20 bits per heavy atom. The number of rotatable bonds is 3. The number of aromatic nitrogens is 4. The summed E-state index contributed by atoms with van der Waals surface area (Å²) >= 11 is 0. The van der Waals surface area contributed by atoms with Gasteiger partial charge in [0.1, 0.15) is 30.0 Å². The van der Waals surface area contributed by atoms with E-state index in [-0.39, 0.29) is 29.8 Å². The predicted octanol–water partition coefficient (Wildman–Crippen LogP) is 0.440. The Morgan fingerprint density at radius 1 is 1.32 bits per heavy atom. The highest BCUT2D eigenvalue weighted by Gasteiger charge is 2.29. The smallest absolute Gasteiger partial charge is 0.267 e. The molecule has 4 rings (SSSR count). The van der Waals surface area contributed by atoms with Crippen molar-refractivity contribution in [2.24, 2.45) is 0 Å². The van der Waals surface area contributed by atoms with E-state index in [1.165, 1.54) is 6.33 Å². The first-order chi connectivity index (χ1) is 12.2. The van der Waals surface area contributed by atoms with Crippen molar-refractivity contribution in [3.63, 3.8) is 0 Å². The van der Waals surface area contributed by atoms with E-state index in [2.05, 4.69) is 15.0 Å². The molecule has 0 bridgehead atoms. The average Bonchev–Trinajstić information content (AvgIpc) is 2.92. The Hall–Kier alpha value is -3.20. The van der Waals surface area contributed by atoms with Crippen LogP contribution in [-0.4, -0.2) is 50.3 Å². The van der Waals surface area contributed by atoms with Crippen LogP contribution in [0.1, 0.15) is 10.4 Å². The first-order valence-electron chi connectivity index (χ1n) is 7.80. The first kappa shape index (κ1) is 15.3. The zero-order chi connectivity index (χ0) is 17.4. The molecule has 9 heteroatoms. The summed E-state index contributed by atoms with van der Waals surface area (Å²) in [4.78, 5) is 26.8. The van der Waals surface area contributed by atoms with E-state index >= 15 is 0 Å². The van der Waals surface area contributed by atoms with Crippen molar-refractivity contribution in [3.8, 4) is 5.88 Å². The molecule has 0 fully saturated rings. The topological polar surface area (TPSA) is 119 Å². The number of hydrogen-bond donors (Lipinski definition) is 2. The molecule has 128 valence electrons. The molecule has 0 saturated carbocycles. The maximum Gasteiger partial charge on any atom is 0.267 e. The van der Waals surface area contributed by atoms with Crippen molar-refractivity contribution < 1.29 is 14.6 Å². The van der Waals surface area contributed by atoms with Crippen LogP contribution >= 0.6 is 0 Å². The van der Waals surface area contributed by atoms with Gasteiger partial charge < -0.3 is 25.0 Å². The summed E-state index contributed by atoms with van der Waals surface area (Å²) < 4.78 is 7.38. The number of aliphatic hydroxyl groups is 1. The number of fused-ring (bicyclic) bond motifs is 2. The van der Waals surface area contributed by atoms with Crippen LogP contribution in [0.3, 0.4) is 0 Å². The Kier molecular flexibility index (Phi) is 3.69. The predicted molar refractivity (Wildman–Crippen MR) is 90.4 cm³/mol. The number of carbonyl (C=O) groups excluding carboxylic acids is 1. The van der Waals surface area contributed by atoms with Gasteiger partial charge in [0.15, 0.2) is 0 Å². The molecule has 0 unspecified atom stereocenters. The van der Waals surface area contributed by atoms with Gasteiger partial charge in [-0.15, -0.1) is 0 Å². The molecule has 4 heterocycles. The van der Waals surface area contributed by atoms with Gasteiger partial charge in [-0.3, -0.25) is 4.79 Å². The molecule has 1 aliphatic heterocycles. The van der Waals surface area contributed by atoms with Gasteiger partial charge in [-0.2, -0.15) is 0 Å². The molecular weight excluding hydrogens is 324 g/mol. The van der Waals surface area contributed by atoms with Crippen LogP contribution in [0, 0.1) is 0 Å². The molecule has 0 spiro atoms. The molecular formula is C16H16N6O3. The first-order valence-corrected chi connectivity index (χ1v) is 7.80. The molecule has 25 heavy (non-hydrogen) atoms. The third kappa shape index (κ3) is 2.54. The van der Waals surface area contributed by atoms with Crippen LogP contribution in [0.5, 0.6) is 5.88 Å². The van der Waals surface area contributed by atoms with Gasteiger partial charge in [0.2, 0.25) is 5.88 Å². The number of aliphatic hydroxyl groups excluding tert-OH is 1. The lowest BCUT2D eigenvalue weighted by Crippen LogP contribution is -2.32. The second kappa shape index (κ2) is 6.02. The van der Waals surface area contributed by atoms with E-state index < -0.39 is 0 Å². The number of pyridine rings is 1. The van der Waals surface area contributed by atoms with Gasteiger partial charge in [0, 0.05) is 18.1 Å². The normalized spacial score (nSPS) is 14.3. The molecule has 1 aliphatic rings. The summed E-state index contributed by atoms with van der Waals surface area (Å²) in [7, 11) is 0. The third-order valence-corrected chi connectivity index (χ3v) is 4.09. The second-order valence-electron chi connectivity index (χ2n) is 5.58. The number of hydrogen-bond acceptors (Lipinski definition) is 7. The zero-order valence-electron chi connectivity index (χ0n) is 13.3. The summed E-state index contributed by atoms with van der Waals surface area (Å²) in [6.07, 6.45) is 4.75. The number of carbonyl (C=O) groups is 1. The fraction of sp³-hybridized carbons (Fsp3) is 0.250. The molecule has 0 aliphatic carbocycles. The number of nitrogens with zero attached hydrogens (tertiary/aromatic N) is 5. The second-order valence-corrected chi connectivity index (χ2v) is 5.58. The zero-order valence-corrected chi connectivity index (χ0v) is 13.3. The maximum absolute atomic E-state index is 12.9. The molecule has 3 aromatic rings. The average molecular weight is 340 g/mol. The van der Waals surface area contributed by atoms with E-state index in [1.807, 2.05) is 22.9 Å². The lowest BCUT2D eigenvalue weighted by atomic mass is 10.2. The van der Waals surface area contributed by atoms with Crippen molar-refractivity contribution >= 4 is 28.4 Å². The van der Waals surface area contributed by atoms with E-state index in [1.54, 1.807) is 11.1 Å². The Bertz CT molecular complexity index is 954. The Morgan fingerprint density at radius 3 is 3.04 bits per heavy atom. The number of nitrogen functional groups attached to an aromatic ring is 1. The van der Waals surface area contributed by atoms with Crippen LogP contribution in [0.2, 0.25) is 0 Å². The van der Waals surface area contributed by atoms with Gasteiger partial charge in [-0.1, -0.05) is 0 Å². The molecule has 3 N–H and O–H groups in total. The van der Waals surface area contributed by atoms with E-state index in [0.717, 1.165) is 11.0 Å². The SMILES string of the molecule is Nc1ncnc2c1C(=O)N(c1cnc3c(ccn3CCO)c1)CCO2. The minimum absolute atomic E-state index is 0.0330. The van der Waals surface area contributed by atoms with Crippen LogP contribution in [0.25, 0.3) is 11.0 Å². The Balaban J connectivity index is 1.75. The number of amides is 1. The molecule has 9 nitrogen and oxygen atoms in total. The Labute approximate surface area is 142 Å². The van der Waals surface area contributed by atoms with Gasteiger partial charge in [0.25, 0.3) is 5.91 Å². The van der Waals surface area contributed by atoms with Crippen LogP contribution < -0.4 is 15.4 Å². The molecule has 0 saturated heterocycles. The minimum Gasteiger partial charge on any atom is -0.475 e. The monoisotopic (exact) mass is 340 g/mol. The van der Waals surface area contributed by atoms with Crippen LogP contribution in [-0.2, 0) is 6.54 Å². The quantitative estimate of drug-likeness (QED) is 0.710. The maximum atomic E-state index is 12.9. The summed E-state index contributed by atoms with van der Waals surface area (Å²) in [6, 6.07) is 3.77. The summed E-state index contributed by atoms with van der Waals surface area (Å²) in [6.45, 7) is 1.14. The van der Waals surface area contributed by atoms with Crippen molar-refractivity contribution in [1.82, 2.24) is 19.5 Å². The highest BCUT2D eigenvalue weighted by atomic mass is 16.5. The van der Waals surface area contributed by atoms with Gasteiger partial charge in [-0.05, 0) is 12.1 Å². The molecule has 3 aromatic heterocycles. The summed E-state index contributed by atoms with van der Waals surface area (Å²) in [5, 5.41) is 9.98. The van der Waals surface area contributed by atoms with Gasteiger partial charge in [-0.25, -0.2) is 15.0 Å². The van der Waals surface area contributed by atoms with E-state index in [0.29, 0.717) is 25.4 Å². The fourth-order valence-electron chi connectivity index (χ4n) is 2.91. The van der Waals surface area contributed by atoms with Gasteiger partial charge in [0.05, 0.1) is 25.0 Å². The third-order valence-electron chi connectivity index (χ3n) is 4.09. The standard InChI is InChI=1S/C16H16N6O3/c17-13-12-15(20-9-19-13)25-6-4-22(16(12)24)11-7-10-1-2-21(3-5-23)14(10)18-8-11/h1-2,7-9,23H,3-6H2,(H2,17,19,20). The number of anilines is 2. The van der Waals surface area contributed by atoms with Crippen LogP contribution in [0.15, 0.2) is 30.9 Å². The van der Waals surface area contributed by atoms with Crippen LogP contribution in [0.4, 0.5) is 11.5 Å². The summed E-state index contributed by atoms with van der Waals surface area (Å²) in [5.74, 6) is -0.0327. The van der Waals surface area contributed by atoms with Crippen molar-refractivity contribution in [1.29, 1.82) is 0 Å². The number of nitrogens with two attached hydrogens (primary N) is 1. The molecule has 0 radical (unpaired) electrons. The number of ether oxygens (including phenoxy) is 1.